The Labute approximate surface area is 76.7 Å². The Morgan fingerprint density at radius 1 is 1.43 bits per heavy atom. The zero-order valence-corrected chi connectivity index (χ0v) is 7.56. The molecule has 2 N–H and O–H groups in total. The molecule has 0 atom stereocenters. The van der Waals surface area contributed by atoms with Gasteiger partial charge < -0.3 is 2.85 Å². The minimum atomic E-state index is -2.87. The van der Waals surface area contributed by atoms with Crippen LogP contribution in [0, 0.1) is 0 Å². The first-order valence-electron chi connectivity index (χ1n) is 1.58. The molecule has 0 aromatic heterocycles. The molecular weight excluding hydrogens is 143 g/mol. The predicted molar refractivity (Wildman–Crippen MR) is 31.4 cm³/mol. The molecular formula is C2H10CaO3P+. The summed E-state index contributed by atoms with van der Waals surface area (Å²) in [5.74, 6) is 0. The second kappa shape index (κ2) is 15.7. The van der Waals surface area contributed by atoms with Crippen LogP contribution < -0.4 is 0 Å². The Balaban J connectivity index is -0.00000000990. The van der Waals surface area contributed by atoms with Crippen LogP contribution in [-0.2, 0) is 4.57 Å². The second-order valence-corrected chi connectivity index (χ2v) is 0.758. The Kier molecular flexibility index (Phi) is 35.2. The summed E-state index contributed by atoms with van der Waals surface area (Å²) in [6, 6.07) is 0. The van der Waals surface area contributed by atoms with E-state index >= 15 is 0 Å². The van der Waals surface area contributed by atoms with Gasteiger partial charge in [0.15, 0.2) is 0 Å². The predicted octanol–water partition coefficient (Wildman–Crippen LogP) is 0.499. The van der Waals surface area contributed by atoms with Crippen molar-refractivity contribution in [2.45, 2.75) is 13.8 Å². The van der Waals surface area contributed by atoms with Crippen molar-refractivity contribution in [1.29, 1.82) is 0 Å². The minimum absolute atomic E-state index is 0. The van der Waals surface area contributed by atoms with Gasteiger partial charge in [-0.3, -0.25) is 0 Å². The molecule has 0 aromatic rings. The topological polar surface area (TPSA) is 57.5 Å². The quantitative estimate of drug-likeness (QED) is 0.393. The number of hydrogen-bond donors (Lipinski definition) is 2. The van der Waals surface area contributed by atoms with E-state index in [0.29, 0.717) is 0 Å². The molecule has 0 aliphatic carbocycles. The largest absolute Gasteiger partial charge is 2.00 e. The van der Waals surface area contributed by atoms with Crippen molar-refractivity contribution in [3.8, 4) is 0 Å². The fourth-order valence-electron chi connectivity index (χ4n) is 0. The van der Waals surface area contributed by atoms with Crippen molar-refractivity contribution in [2.24, 2.45) is 0 Å². The monoisotopic (exact) mass is 153 g/mol. The molecule has 0 spiro atoms. The van der Waals surface area contributed by atoms with Gasteiger partial charge >= 0.3 is 46.0 Å². The van der Waals surface area contributed by atoms with E-state index in [2.05, 4.69) is 0 Å². The summed E-state index contributed by atoms with van der Waals surface area (Å²) in [6.45, 7) is 4.00. The summed E-state index contributed by atoms with van der Waals surface area (Å²) in [5.41, 5.74) is 0. The Morgan fingerprint density at radius 2 is 1.43 bits per heavy atom. The van der Waals surface area contributed by atoms with Crippen LogP contribution in [0.2, 0.25) is 0 Å². The van der Waals surface area contributed by atoms with Gasteiger partial charge in [0.1, 0.15) is 0 Å². The Hall–Kier alpha value is 1.28. The average Bonchev–Trinajstić information content (AvgIpc) is 1.41. The maximum absolute atomic E-state index is 8.70. The van der Waals surface area contributed by atoms with Crippen LogP contribution in [0.25, 0.3) is 0 Å². The maximum Gasteiger partial charge on any atom is 2.00 e. The molecule has 0 heterocycles. The van der Waals surface area contributed by atoms with Crippen LogP contribution in [-0.4, -0.2) is 47.5 Å². The van der Waals surface area contributed by atoms with Crippen molar-refractivity contribution in [2.75, 3.05) is 0 Å². The van der Waals surface area contributed by atoms with E-state index in [1.54, 1.807) is 0 Å². The zero-order chi connectivity index (χ0) is 5.58. The molecule has 0 aliphatic heterocycles. The molecule has 0 bridgehead atoms. The van der Waals surface area contributed by atoms with Gasteiger partial charge in [0, 0.05) is 4.57 Å². The third-order valence-corrected chi connectivity index (χ3v) is 0. The fourth-order valence-corrected chi connectivity index (χ4v) is 0. The molecule has 5 heteroatoms. The maximum atomic E-state index is 8.70. The van der Waals surface area contributed by atoms with E-state index in [9.17, 15) is 0 Å². The van der Waals surface area contributed by atoms with Crippen molar-refractivity contribution in [1.82, 2.24) is 0 Å². The number of hydrogen-bond acceptors (Lipinski definition) is 1. The summed E-state index contributed by atoms with van der Waals surface area (Å²) in [6.07, 6.45) is 0. The van der Waals surface area contributed by atoms with Crippen molar-refractivity contribution < 1.29 is 17.2 Å². The van der Waals surface area contributed by atoms with Crippen LogP contribution in [0.4, 0.5) is 0 Å². The Morgan fingerprint density at radius 3 is 1.43 bits per heavy atom. The van der Waals surface area contributed by atoms with E-state index in [0.717, 1.165) is 0 Å². The van der Waals surface area contributed by atoms with Gasteiger partial charge in [-0.05, 0) is 0 Å². The first kappa shape index (κ1) is 15.7. The van der Waals surface area contributed by atoms with E-state index in [-0.39, 0.29) is 40.6 Å². The van der Waals surface area contributed by atoms with Crippen molar-refractivity contribution in [3.05, 3.63) is 0 Å². The smallest absolute Gasteiger partial charge is 1.00 e. The van der Waals surface area contributed by atoms with Crippen LogP contribution in [0.15, 0.2) is 0 Å². The van der Waals surface area contributed by atoms with E-state index in [1.807, 2.05) is 13.8 Å². The van der Waals surface area contributed by atoms with Crippen molar-refractivity contribution >= 4 is 46.0 Å². The molecule has 3 nitrogen and oxygen atoms in total. The fraction of sp³-hybridized carbons (Fsp3) is 1.00. The minimum Gasteiger partial charge on any atom is -1.00 e. The van der Waals surface area contributed by atoms with Gasteiger partial charge in [0.2, 0.25) is 0 Å². The normalized spacial score (nSPS) is 4.57. The van der Waals surface area contributed by atoms with Gasteiger partial charge in [-0.15, -0.1) is 9.79 Å². The summed E-state index contributed by atoms with van der Waals surface area (Å²) in [4.78, 5) is 14.2. The van der Waals surface area contributed by atoms with Gasteiger partial charge in [-0.2, -0.15) is 0 Å². The SMILES string of the molecule is CC.O=[P+](O)O.[Ca+2].[H-].[H-]. The van der Waals surface area contributed by atoms with Crippen LogP contribution in [0.3, 0.4) is 0 Å². The Bertz CT molecular complexity index is 42.8. The molecule has 0 saturated heterocycles. The van der Waals surface area contributed by atoms with E-state index in [1.165, 1.54) is 0 Å². The standard InChI is InChI=1S/C2H6.Ca.HO3P.2H/c1-2;;1-4(2)3;;/h1-2H3;;(H-,1,2,3);;/q;+2;;2*-1/p+1. The molecule has 0 aliphatic rings. The third kappa shape index (κ3) is 124. The zero-order valence-electron chi connectivity index (χ0n) is 6.46. The average molecular weight is 153 g/mol. The van der Waals surface area contributed by atoms with E-state index < -0.39 is 8.25 Å². The molecule has 42 valence electrons. The molecule has 0 amide bonds. The first-order chi connectivity index (χ1) is 2.73. The first-order valence-corrected chi connectivity index (χ1v) is 2.75. The number of rotatable bonds is 0. The van der Waals surface area contributed by atoms with Crippen LogP contribution in [0.5, 0.6) is 0 Å². The molecule has 0 saturated carbocycles. The molecule has 0 radical (unpaired) electrons. The van der Waals surface area contributed by atoms with Crippen LogP contribution in [0.1, 0.15) is 16.7 Å². The molecule has 0 unspecified atom stereocenters. The molecule has 0 aromatic carbocycles. The van der Waals surface area contributed by atoms with E-state index in [4.69, 9.17) is 14.4 Å². The van der Waals surface area contributed by atoms with Gasteiger partial charge in [-0.25, -0.2) is 0 Å². The second-order valence-electron chi connectivity index (χ2n) is 0.253. The van der Waals surface area contributed by atoms with Crippen LogP contribution >= 0.6 is 8.25 Å². The van der Waals surface area contributed by atoms with Gasteiger partial charge in [0.25, 0.3) is 0 Å². The molecule has 0 rings (SSSR count). The molecule has 0 fully saturated rings. The van der Waals surface area contributed by atoms with Gasteiger partial charge in [-0.1, -0.05) is 13.8 Å². The summed E-state index contributed by atoms with van der Waals surface area (Å²) >= 11 is 0. The van der Waals surface area contributed by atoms with Gasteiger partial charge in [0.05, 0.1) is 0 Å². The molecule has 7 heavy (non-hydrogen) atoms. The summed E-state index contributed by atoms with van der Waals surface area (Å²) in [5, 5.41) is 0. The summed E-state index contributed by atoms with van der Waals surface area (Å²) in [7, 11) is -2.87. The van der Waals surface area contributed by atoms with Crippen molar-refractivity contribution in [3.63, 3.8) is 0 Å². The summed E-state index contributed by atoms with van der Waals surface area (Å²) < 4.78 is 8.70. The third-order valence-electron chi connectivity index (χ3n) is 0.